The first kappa shape index (κ1) is 12.3. The molecule has 3 rings (SSSR count). The summed E-state index contributed by atoms with van der Waals surface area (Å²) in [4.78, 5) is 8.40. The van der Waals surface area contributed by atoms with Crippen molar-refractivity contribution in [3.8, 4) is 0 Å². The van der Waals surface area contributed by atoms with Gasteiger partial charge in [-0.15, -0.1) is 0 Å². The monoisotopic (exact) mass is 263 g/mol. The van der Waals surface area contributed by atoms with Crippen molar-refractivity contribution in [1.29, 1.82) is 0 Å². The van der Waals surface area contributed by atoms with Crippen molar-refractivity contribution in [1.82, 2.24) is 19.7 Å². The van der Waals surface area contributed by atoms with Crippen LogP contribution in [0.3, 0.4) is 0 Å². The third-order valence-corrected chi connectivity index (χ3v) is 3.54. The second kappa shape index (κ2) is 4.75. The van der Waals surface area contributed by atoms with E-state index in [4.69, 9.17) is 4.74 Å². The molecule has 2 N–H and O–H groups in total. The molecule has 19 heavy (non-hydrogen) atoms. The minimum atomic E-state index is -0.724. The van der Waals surface area contributed by atoms with E-state index < -0.39 is 5.60 Å². The van der Waals surface area contributed by atoms with Crippen LogP contribution in [0.2, 0.25) is 0 Å². The molecule has 0 aliphatic carbocycles. The number of nitrogens with zero attached hydrogens (tertiary/aromatic N) is 4. The van der Waals surface area contributed by atoms with Crippen LogP contribution >= 0.6 is 0 Å². The highest BCUT2D eigenvalue weighted by Gasteiger charge is 2.29. The number of nitrogens with one attached hydrogen (secondary N) is 1. The van der Waals surface area contributed by atoms with Crippen molar-refractivity contribution >= 4 is 16.9 Å². The third-order valence-electron chi connectivity index (χ3n) is 3.54. The van der Waals surface area contributed by atoms with E-state index in [0.29, 0.717) is 38.4 Å². The topological polar surface area (TPSA) is 85.1 Å². The lowest BCUT2D eigenvalue weighted by molar-refractivity contribution is -0.0543. The highest BCUT2D eigenvalue weighted by atomic mass is 16.5. The second-order valence-corrected chi connectivity index (χ2v) is 4.92. The molecule has 7 heteroatoms. The van der Waals surface area contributed by atoms with Crippen molar-refractivity contribution < 1.29 is 9.84 Å². The summed E-state index contributed by atoms with van der Waals surface area (Å²) in [5.74, 6) is 0.706. The Balaban J connectivity index is 1.78. The highest BCUT2D eigenvalue weighted by Crippen LogP contribution is 2.23. The Hall–Kier alpha value is -1.73. The molecule has 0 radical (unpaired) electrons. The summed E-state index contributed by atoms with van der Waals surface area (Å²) in [7, 11) is 1.84. The largest absolute Gasteiger partial charge is 0.388 e. The first-order chi connectivity index (χ1) is 9.18. The molecule has 0 bridgehead atoms. The summed E-state index contributed by atoms with van der Waals surface area (Å²) in [6, 6.07) is 0. The molecule has 2 aromatic rings. The molecule has 1 aliphatic heterocycles. The number of anilines is 1. The molecular weight excluding hydrogens is 246 g/mol. The van der Waals surface area contributed by atoms with Gasteiger partial charge in [-0.3, -0.25) is 4.68 Å². The molecule has 102 valence electrons. The zero-order chi connectivity index (χ0) is 13.3. The van der Waals surface area contributed by atoms with Crippen LogP contribution in [-0.2, 0) is 11.8 Å². The molecular formula is C12H17N5O2. The number of fused-ring (bicyclic) bond motifs is 1. The normalized spacial score (nSPS) is 18.6. The van der Waals surface area contributed by atoms with E-state index in [1.165, 1.54) is 6.33 Å². The van der Waals surface area contributed by atoms with Gasteiger partial charge in [0.2, 0.25) is 0 Å². The Morgan fingerprint density at radius 1 is 1.42 bits per heavy atom. The Morgan fingerprint density at radius 3 is 3.00 bits per heavy atom. The summed E-state index contributed by atoms with van der Waals surface area (Å²) in [5, 5.41) is 18.6. The minimum Gasteiger partial charge on any atom is -0.388 e. The van der Waals surface area contributed by atoms with Crippen molar-refractivity contribution in [3.63, 3.8) is 0 Å². The van der Waals surface area contributed by atoms with Gasteiger partial charge in [-0.25, -0.2) is 9.97 Å². The number of hydrogen-bond acceptors (Lipinski definition) is 6. The maximum Gasteiger partial charge on any atom is 0.163 e. The number of aryl methyl sites for hydroxylation is 1. The molecule has 3 heterocycles. The summed E-state index contributed by atoms with van der Waals surface area (Å²) in [5.41, 5.74) is 0.0500. The summed E-state index contributed by atoms with van der Waals surface area (Å²) < 4.78 is 6.96. The lowest BCUT2D eigenvalue weighted by atomic mass is 9.94. The van der Waals surface area contributed by atoms with E-state index in [-0.39, 0.29) is 0 Å². The Morgan fingerprint density at radius 2 is 2.21 bits per heavy atom. The van der Waals surface area contributed by atoms with E-state index >= 15 is 0 Å². The maximum absolute atomic E-state index is 10.4. The number of hydrogen-bond donors (Lipinski definition) is 2. The van der Waals surface area contributed by atoms with Crippen LogP contribution in [0.4, 0.5) is 5.82 Å². The van der Waals surface area contributed by atoms with Crippen LogP contribution in [0.25, 0.3) is 11.0 Å². The number of ether oxygens (including phenoxy) is 1. The molecule has 7 nitrogen and oxygen atoms in total. The molecule has 0 aromatic carbocycles. The van der Waals surface area contributed by atoms with E-state index in [2.05, 4.69) is 20.4 Å². The predicted octanol–water partition coefficient (Wildman–Crippen LogP) is 0.317. The predicted molar refractivity (Wildman–Crippen MR) is 69.8 cm³/mol. The maximum atomic E-state index is 10.4. The first-order valence-corrected chi connectivity index (χ1v) is 6.35. The molecule has 0 saturated carbocycles. The van der Waals surface area contributed by atoms with Crippen molar-refractivity contribution in [2.45, 2.75) is 18.4 Å². The summed E-state index contributed by atoms with van der Waals surface area (Å²) in [6.07, 6.45) is 4.51. The van der Waals surface area contributed by atoms with Gasteiger partial charge in [0, 0.05) is 39.6 Å². The van der Waals surface area contributed by atoms with Crippen LogP contribution in [0.15, 0.2) is 12.5 Å². The van der Waals surface area contributed by atoms with Gasteiger partial charge >= 0.3 is 0 Å². The first-order valence-electron chi connectivity index (χ1n) is 6.35. The quantitative estimate of drug-likeness (QED) is 0.829. The number of aromatic nitrogens is 4. The van der Waals surface area contributed by atoms with Gasteiger partial charge in [0.25, 0.3) is 0 Å². The zero-order valence-electron chi connectivity index (χ0n) is 10.8. The Bertz CT molecular complexity index is 577. The lowest BCUT2D eigenvalue weighted by Crippen LogP contribution is -2.42. The molecule has 0 amide bonds. The molecule has 1 saturated heterocycles. The average Bonchev–Trinajstić information content (AvgIpc) is 2.80. The van der Waals surface area contributed by atoms with Gasteiger partial charge in [-0.2, -0.15) is 5.10 Å². The van der Waals surface area contributed by atoms with E-state index in [9.17, 15) is 5.11 Å². The van der Waals surface area contributed by atoms with Gasteiger partial charge in [-0.1, -0.05) is 0 Å². The average molecular weight is 263 g/mol. The molecule has 0 spiro atoms. The third kappa shape index (κ3) is 2.39. The molecule has 1 fully saturated rings. The molecule has 0 atom stereocenters. The van der Waals surface area contributed by atoms with Crippen LogP contribution in [0.1, 0.15) is 12.8 Å². The van der Waals surface area contributed by atoms with E-state index in [0.717, 1.165) is 11.0 Å². The minimum absolute atomic E-state index is 0.456. The van der Waals surface area contributed by atoms with Crippen LogP contribution in [0.5, 0.6) is 0 Å². The fourth-order valence-electron chi connectivity index (χ4n) is 2.28. The van der Waals surface area contributed by atoms with E-state index in [1.807, 2.05) is 7.05 Å². The summed E-state index contributed by atoms with van der Waals surface area (Å²) in [6.45, 7) is 1.66. The smallest absolute Gasteiger partial charge is 0.163 e. The zero-order valence-corrected chi connectivity index (χ0v) is 10.8. The van der Waals surface area contributed by atoms with Gasteiger partial charge in [0.1, 0.15) is 12.1 Å². The molecule has 2 aromatic heterocycles. The van der Waals surface area contributed by atoms with Crippen LogP contribution in [0, 0.1) is 0 Å². The molecule has 1 aliphatic rings. The van der Waals surface area contributed by atoms with Crippen molar-refractivity contribution in [2.24, 2.45) is 7.05 Å². The Kier molecular flexibility index (Phi) is 3.08. The Labute approximate surface area is 110 Å². The van der Waals surface area contributed by atoms with Gasteiger partial charge in [0.15, 0.2) is 5.65 Å². The van der Waals surface area contributed by atoms with Gasteiger partial charge in [0.05, 0.1) is 17.2 Å². The van der Waals surface area contributed by atoms with Crippen LogP contribution in [-0.4, -0.2) is 50.2 Å². The van der Waals surface area contributed by atoms with E-state index in [1.54, 1.807) is 10.9 Å². The van der Waals surface area contributed by atoms with Crippen molar-refractivity contribution in [3.05, 3.63) is 12.5 Å². The van der Waals surface area contributed by atoms with Crippen LogP contribution < -0.4 is 5.32 Å². The fourth-order valence-corrected chi connectivity index (χ4v) is 2.28. The SMILES string of the molecule is Cn1ncc2c(NCC3(O)CCOCC3)ncnc21. The highest BCUT2D eigenvalue weighted by molar-refractivity contribution is 5.85. The van der Waals surface area contributed by atoms with Crippen molar-refractivity contribution in [2.75, 3.05) is 25.1 Å². The number of aliphatic hydroxyl groups is 1. The van der Waals surface area contributed by atoms with Gasteiger partial charge < -0.3 is 15.2 Å². The fraction of sp³-hybridized carbons (Fsp3) is 0.583. The number of rotatable bonds is 3. The summed E-state index contributed by atoms with van der Waals surface area (Å²) >= 11 is 0. The molecule has 0 unspecified atom stereocenters. The van der Waals surface area contributed by atoms with Gasteiger partial charge in [-0.05, 0) is 0 Å². The second-order valence-electron chi connectivity index (χ2n) is 4.92. The standard InChI is InChI=1S/C12H17N5O2/c1-17-11-9(6-16-17)10(14-8-15-11)13-7-12(18)2-4-19-5-3-12/h6,8,18H,2-5,7H2,1H3,(H,13,14,15). The lowest BCUT2D eigenvalue weighted by Gasteiger charge is -2.32.